The molecule has 3 aromatic heterocycles. The molecular formula is C34H44N8O. The molecule has 0 bridgehead atoms. The summed E-state index contributed by atoms with van der Waals surface area (Å²) < 4.78 is 0. The highest BCUT2D eigenvalue weighted by molar-refractivity contribution is 6.03. The van der Waals surface area contributed by atoms with E-state index >= 15 is 0 Å². The Morgan fingerprint density at radius 1 is 0.953 bits per heavy atom. The van der Waals surface area contributed by atoms with E-state index < -0.39 is 0 Å². The lowest BCUT2D eigenvalue weighted by Gasteiger charge is -2.36. The van der Waals surface area contributed by atoms with Gasteiger partial charge in [0.15, 0.2) is 0 Å². The molecule has 43 heavy (non-hydrogen) atoms. The first-order valence-electron chi connectivity index (χ1n) is 15.8. The SMILES string of the molecule is CCN(c1cc(-c2cnc(N3CCN(C)CC3)nc2)cc2c(NCc3c(C)cc(C)[nH]c3=O)nccc12)C1CCCCC1. The van der Waals surface area contributed by atoms with Gasteiger partial charge in [0.05, 0.1) is 0 Å². The number of nitrogens with zero attached hydrogens (tertiary/aromatic N) is 6. The molecule has 1 saturated heterocycles. The molecule has 4 aromatic rings. The smallest absolute Gasteiger partial charge is 0.253 e. The third kappa shape index (κ3) is 6.22. The van der Waals surface area contributed by atoms with Crippen LogP contribution in [0, 0.1) is 13.8 Å². The fourth-order valence-electron chi connectivity index (χ4n) is 6.74. The molecule has 0 unspecified atom stereocenters. The van der Waals surface area contributed by atoms with Gasteiger partial charge in [-0.1, -0.05) is 19.3 Å². The fraction of sp³-hybridized carbons (Fsp3) is 0.471. The molecule has 9 nitrogen and oxygen atoms in total. The Kier molecular flexibility index (Phi) is 8.61. The molecule has 0 atom stereocenters. The van der Waals surface area contributed by atoms with E-state index in [1.54, 1.807) is 0 Å². The maximum Gasteiger partial charge on any atom is 0.253 e. The van der Waals surface area contributed by atoms with E-state index in [2.05, 4.69) is 57.2 Å². The minimum absolute atomic E-state index is 0.0568. The van der Waals surface area contributed by atoms with E-state index in [0.717, 1.165) is 83.2 Å². The van der Waals surface area contributed by atoms with E-state index in [1.165, 1.54) is 37.8 Å². The summed E-state index contributed by atoms with van der Waals surface area (Å²) in [5, 5.41) is 5.71. The van der Waals surface area contributed by atoms with Crippen LogP contribution in [-0.4, -0.2) is 70.6 Å². The van der Waals surface area contributed by atoms with E-state index in [4.69, 9.17) is 15.0 Å². The number of benzene rings is 1. The standard InChI is InChI=1S/C34H44N8O/c1-5-42(27-9-7-6-8-10-27)31-19-25(26-20-37-34(38-21-26)41-15-13-40(4)14-16-41)18-29-28(31)11-12-35-32(29)36-22-30-23(2)17-24(3)39-33(30)43/h11-12,17-21,27H,5-10,13-16,22H2,1-4H3,(H,35,36)(H,39,43). The number of likely N-dealkylation sites (N-methyl/N-ethyl adjacent to an activating group) is 1. The fourth-order valence-corrected chi connectivity index (χ4v) is 6.74. The second-order valence-electron chi connectivity index (χ2n) is 12.2. The van der Waals surface area contributed by atoms with Crippen molar-refractivity contribution in [3.63, 3.8) is 0 Å². The molecule has 2 aliphatic rings. The van der Waals surface area contributed by atoms with Crippen LogP contribution < -0.4 is 20.7 Å². The van der Waals surface area contributed by atoms with Crippen molar-refractivity contribution in [2.45, 2.75) is 65.5 Å². The van der Waals surface area contributed by atoms with Gasteiger partial charge in [0, 0.05) is 97.2 Å². The first-order chi connectivity index (χ1) is 20.9. The molecule has 2 N–H and O–H groups in total. The molecule has 1 aromatic carbocycles. The zero-order valence-electron chi connectivity index (χ0n) is 26.0. The summed E-state index contributed by atoms with van der Waals surface area (Å²) in [5.74, 6) is 1.56. The number of pyridine rings is 2. The normalized spacial score (nSPS) is 16.5. The predicted octanol–water partition coefficient (Wildman–Crippen LogP) is 5.52. The number of aromatic nitrogens is 4. The number of fused-ring (bicyclic) bond motifs is 1. The minimum atomic E-state index is -0.0568. The highest BCUT2D eigenvalue weighted by Gasteiger charge is 2.24. The number of rotatable bonds is 8. The van der Waals surface area contributed by atoms with Crippen LogP contribution in [0.1, 0.15) is 55.8 Å². The lowest BCUT2D eigenvalue weighted by Crippen LogP contribution is -2.45. The summed E-state index contributed by atoms with van der Waals surface area (Å²) in [6, 6.07) is 9.17. The first-order valence-corrected chi connectivity index (χ1v) is 15.8. The van der Waals surface area contributed by atoms with Crippen LogP contribution in [-0.2, 0) is 6.54 Å². The number of hydrogen-bond acceptors (Lipinski definition) is 8. The van der Waals surface area contributed by atoms with Crippen LogP contribution >= 0.6 is 0 Å². The average molecular weight is 581 g/mol. The van der Waals surface area contributed by atoms with Crippen molar-refractivity contribution in [2.75, 3.05) is 54.9 Å². The summed E-state index contributed by atoms with van der Waals surface area (Å²) in [4.78, 5) is 37.3. The van der Waals surface area contributed by atoms with Gasteiger partial charge in [-0.15, -0.1) is 0 Å². The van der Waals surface area contributed by atoms with Crippen molar-refractivity contribution >= 4 is 28.2 Å². The molecule has 6 rings (SSSR count). The quantitative estimate of drug-likeness (QED) is 0.282. The summed E-state index contributed by atoms with van der Waals surface area (Å²) >= 11 is 0. The van der Waals surface area contributed by atoms with Gasteiger partial charge in [-0.3, -0.25) is 4.79 Å². The summed E-state index contributed by atoms with van der Waals surface area (Å²) in [7, 11) is 2.16. The van der Waals surface area contributed by atoms with Crippen LogP contribution in [0.15, 0.2) is 47.7 Å². The van der Waals surface area contributed by atoms with Crippen molar-refractivity contribution in [1.82, 2.24) is 24.8 Å². The van der Waals surface area contributed by atoms with Gasteiger partial charge in [0.1, 0.15) is 5.82 Å². The van der Waals surface area contributed by atoms with Gasteiger partial charge >= 0.3 is 0 Å². The molecule has 226 valence electrons. The lowest BCUT2D eigenvalue weighted by atomic mass is 9.92. The Labute approximate surface area is 254 Å². The molecule has 1 aliphatic carbocycles. The van der Waals surface area contributed by atoms with E-state index in [9.17, 15) is 4.79 Å². The highest BCUT2D eigenvalue weighted by Crippen LogP contribution is 2.38. The highest BCUT2D eigenvalue weighted by atomic mass is 16.1. The van der Waals surface area contributed by atoms with Gasteiger partial charge in [0.25, 0.3) is 5.56 Å². The van der Waals surface area contributed by atoms with Gasteiger partial charge in [-0.2, -0.15) is 0 Å². The number of nitrogens with one attached hydrogen (secondary N) is 2. The van der Waals surface area contributed by atoms with E-state index in [1.807, 2.05) is 38.5 Å². The number of anilines is 3. The zero-order chi connectivity index (χ0) is 29.9. The van der Waals surface area contributed by atoms with Crippen molar-refractivity contribution in [2.24, 2.45) is 0 Å². The van der Waals surface area contributed by atoms with Crippen LogP contribution in [0.25, 0.3) is 21.9 Å². The average Bonchev–Trinajstić information content (AvgIpc) is 3.02. The molecule has 9 heteroatoms. The molecule has 4 heterocycles. The van der Waals surface area contributed by atoms with E-state index in [-0.39, 0.29) is 5.56 Å². The van der Waals surface area contributed by atoms with Crippen LogP contribution in [0.5, 0.6) is 0 Å². The maximum absolute atomic E-state index is 12.8. The summed E-state index contributed by atoms with van der Waals surface area (Å²) in [5.41, 5.74) is 5.79. The van der Waals surface area contributed by atoms with Crippen molar-refractivity contribution in [1.29, 1.82) is 0 Å². The van der Waals surface area contributed by atoms with Gasteiger partial charge in [0.2, 0.25) is 5.95 Å². The number of hydrogen-bond donors (Lipinski definition) is 2. The van der Waals surface area contributed by atoms with Crippen molar-refractivity contribution in [3.05, 3.63) is 70.0 Å². The molecule has 0 radical (unpaired) electrons. The van der Waals surface area contributed by atoms with Gasteiger partial charge in [-0.05, 0) is 76.1 Å². The summed E-state index contributed by atoms with van der Waals surface area (Å²) in [6.07, 6.45) is 12.1. The Morgan fingerprint density at radius 2 is 1.70 bits per heavy atom. The van der Waals surface area contributed by atoms with Crippen molar-refractivity contribution in [3.8, 4) is 11.1 Å². The van der Waals surface area contributed by atoms with Crippen molar-refractivity contribution < 1.29 is 0 Å². The molecule has 0 amide bonds. The Bertz CT molecular complexity index is 1620. The third-order valence-corrected chi connectivity index (χ3v) is 9.21. The maximum atomic E-state index is 12.8. The van der Waals surface area contributed by atoms with Gasteiger partial charge < -0.3 is 25.0 Å². The Morgan fingerprint density at radius 3 is 2.40 bits per heavy atom. The third-order valence-electron chi connectivity index (χ3n) is 9.21. The topological polar surface area (TPSA) is 93.3 Å². The second kappa shape index (κ2) is 12.7. The van der Waals surface area contributed by atoms with Crippen LogP contribution in [0.4, 0.5) is 17.5 Å². The van der Waals surface area contributed by atoms with E-state index in [0.29, 0.717) is 12.6 Å². The van der Waals surface area contributed by atoms with Gasteiger partial charge in [-0.25, -0.2) is 15.0 Å². The number of aromatic amines is 1. The zero-order valence-corrected chi connectivity index (χ0v) is 26.0. The molecular weight excluding hydrogens is 536 g/mol. The number of H-pyrrole nitrogens is 1. The molecule has 1 saturated carbocycles. The first kappa shape index (κ1) is 29.1. The Balaban J connectivity index is 1.40. The molecule has 0 spiro atoms. The number of piperazine rings is 1. The minimum Gasteiger partial charge on any atom is -0.368 e. The van der Waals surface area contributed by atoms with Crippen LogP contribution in [0.2, 0.25) is 0 Å². The largest absolute Gasteiger partial charge is 0.368 e. The molecule has 2 fully saturated rings. The Hall–Kier alpha value is -3.98. The predicted molar refractivity (Wildman–Crippen MR) is 176 cm³/mol. The molecule has 1 aliphatic heterocycles. The number of aryl methyl sites for hydroxylation is 2. The van der Waals surface area contributed by atoms with Crippen LogP contribution in [0.3, 0.4) is 0 Å². The second-order valence-corrected chi connectivity index (χ2v) is 12.2. The summed E-state index contributed by atoms with van der Waals surface area (Å²) in [6.45, 7) is 11.4. The lowest BCUT2D eigenvalue weighted by molar-refractivity contribution is 0.311. The monoisotopic (exact) mass is 580 g/mol.